The lowest BCUT2D eigenvalue weighted by atomic mass is 10.1. The van der Waals surface area contributed by atoms with Crippen LogP contribution in [0.15, 0.2) is 60.9 Å². The minimum Gasteiger partial charge on any atom is -0.463 e. The van der Waals surface area contributed by atoms with E-state index >= 15 is 0 Å². The van der Waals surface area contributed by atoms with Gasteiger partial charge in [0.05, 0.1) is 5.70 Å². The van der Waals surface area contributed by atoms with Crippen LogP contribution in [0.2, 0.25) is 0 Å². The van der Waals surface area contributed by atoms with Gasteiger partial charge in [0.25, 0.3) is 5.91 Å². The maximum absolute atomic E-state index is 11.7. The number of hydrogen-bond donors (Lipinski definition) is 1. The Balaban J connectivity index is 1.89. The molecular formula is C15H11NO2. The summed E-state index contributed by atoms with van der Waals surface area (Å²) < 4.78 is 5.52. The van der Waals surface area contributed by atoms with E-state index in [9.17, 15) is 4.79 Å². The van der Waals surface area contributed by atoms with Gasteiger partial charge in [-0.05, 0) is 18.2 Å². The average Bonchev–Trinajstić information content (AvgIpc) is 2.75. The summed E-state index contributed by atoms with van der Waals surface area (Å²) in [4.78, 5) is 11.7. The third kappa shape index (κ3) is 1.86. The number of para-hydroxylation sites is 1. The van der Waals surface area contributed by atoms with Crippen molar-refractivity contribution in [2.24, 2.45) is 0 Å². The summed E-state index contributed by atoms with van der Waals surface area (Å²) in [6.07, 6.45) is 1.57. The lowest BCUT2D eigenvalue weighted by Crippen LogP contribution is -2.12. The second-order valence-electron chi connectivity index (χ2n) is 3.96. The van der Waals surface area contributed by atoms with Gasteiger partial charge in [-0.2, -0.15) is 0 Å². The van der Waals surface area contributed by atoms with Crippen LogP contribution < -0.4 is 10.1 Å². The van der Waals surface area contributed by atoms with E-state index < -0.39 is 0 Å². The molecule has 3 nitrogen and oxygen atoms in total. The van der Waals surface area contributed by atoms with Crippen molar-refractivity contribution in [1.29, 1.82) is 0 Å². The highest BCUT2D eigenvalue weighted by atomic mass is 16.5. The summed E-state index contributed by atoms with van der Waals surface area (Å²) in [7, 11) is 0. The number of carbonyl (C=O) groups is 1. The van der Waals surface area contributed by atoms with Crippen LogP contribution in [0, 0.1) is 0 Å². The van der Waals surface area contributed by atoms with Gasteiger partial charge in [0.1, 0.15) is 12.0 Å². The van der Waals surface area contributed by atoms with Gasteiger partial charge in [0, 0.05) is 11.1 Å². The Bertz CT molecular complexity index is 617. The van der Waals surface area contributed by atoms with E-state index in [0.29, 0.717) is 11.3 Å². The maximum Gasteiger partial charge on any atom is 0.256 e. The Morgan fingerprint density at radius 2 is 1.56 bits per heavy atom. The van der Waals surface area contributed by atoms with Crippen LogP contribution in [-0.2, 0) is 0 Å². The molecule has 0 saturated heterocycles. The molecular weight excluding hydrogens is 226 g/mol. The van der Waals surface area contributed by atoms with Crippen molar-refractivity contribution in [3.63, 3.8) is 0 Å². The normalized spacial score (nSPS) is 15.3. The van der Waals surface area contributed by atoms with Crippen LogP contribution in [0.4, 0.5) is 0 Å². The van der Waals surface area contributed by atoms with Crippen LogP contribution in [0.3, 0.4) is 0 Å². The Morgan fingerprint density at radius 3 is 2.33 bits per heavy atom. The summed E-state index contributed by atoms with van der Waals surface area (Å²) in [6, 6.07) is 16.9. The van der Waals surface area contributed by atoms with E-state index in [2.05, 4.69) is 5.32 Å². The summed E-state index contributed by atoms with van der Waals surface area (Å²) >= 11 is 0. The number of carbonyl (C=O) groups excluding carboxylic acids is 1. The zero-order valence-electron chi connectivity index (χ0n) is 9.59. The average molecular weight is 237 g/mol. The van der Waals surface area contributed by atoms with Gasteiger partial charge >= 0.3 is 0 Å². The number of fused-ring (bicyclic) bond motifs is 1. The first-order valence-corrected chi connectivity index (χ1v) is 5.67. The minimum atomic E-state index is -0.0893. The monoisotopic (exact) mass is 237 g/mol. The third-order valence-corrected chi connectivity index (χ3v) is 2.77. The lowest BCUT2D eigenvalue weighted by molar-refractivity contribution is 0.0980. The zero-order chi connectivity index (χ0) is 12.4. The minimum absolute atomic E-state index is 0.0893. The molecule has 0 saturated carbocycles. The molecule has 0 bridgehead atoms. The second kappa shape index (κ2) is 4.37. The van der Waals surface area contributed by atoms with Crippen LogP contribution in [0.1, 0.15) is 15.9 Å². The molecule has 2 aromatic carbocycles. The number of amides is 1. The van der Waals surface area contributed by atoms with Gasteiger partial charge in [0.2, 0.25) is 0 Å². The fourth-order valence-corrected chi connectivity index (χ4v) is 1.89. The first-order valence-electron chi connectivity index (χ1n) is 5.67. The van der Waals surface area contributed by atoms with Gasteiger partial charge in [-0.1, -0.05) is 36.4 Å². The molecule has 0 aromatic heterocycles. The van der Waals surface area contributed by atoms with Crippen molar-refractivity contribution in [1.82, 2.24) is 5.32 Å². The number of nitrogens with one attached hydrogen (secondary N) is 1. The fraction of sp³-hybridized carbons (Fsp3) is 0. The highest BCUT2D eigenvalue weighted by Gasteiger charge is 2.22. The lowest BCUT2D eigenvalue weighted by Gasteiger charge is -2.02. The summed E-state index contributed by atoms with van der Waals surface area (Å²) in [5.74, 6) is 0.650. The Labute approximate surface area is 105 Å². The van der Waals surface area contributed by atoms with Gasteiger partial charge in [-0.15, -0.1) is 0 Å². The molecule has 1 aliphatic heterocycles. The Hall–Kier alpha value is -2.55. The molecule has 0 fully saturated rings. The molecule has 2 aromatic rings. The van der Waals surface area contributed by atoms with Crippen molar-refractivity contribution in [2.45, 2.75) is 0 Å². The molecule has 0 spiro atoms. The largest absolute Gasteiger partial charge is 0.463 e. The molecule has 3 rings (SSSR count). The van der Waals surface area contributed by atoms with Crippen molar-refractivity contribution < 1.29 is 9.53 Å². The standard InChI is InChI=1S/C15H11NO2/c17-15-13-9-5-4-8-12(13)14(16-15)10-18-11-6-2-1-3-7-11/h1-10H,(H,16,17). The molecule has 1 aliphatic rings. The summed E-state index contributed by atoms with van der Waals surface area (Å²) in [5, 5.41) is 2.79. The molecule has 18 heavy (non-hydrogen) atoms. The molecule has 1 amide bonds. The van der Waals surface area contributed by atoms with Crippen LogP contribution in [0.5, 0.6) is 5.75 Å². The van der Waals surface area contributed by atoms with Crippen molar-refractivity contribution in [3.8, 4) is 5.75 Å². The molecule has 1 heterocycles. The Kier molecular flexibility index (Phi) is 2.57. The SMILES string of the molecule is O=C1NC(=COc2ccccc2)c2ccccc21. The van der Waals surface area contributed by atoms with Crippen molar-refractivity contribution >= 4 is 11.6 Å². The predicted molar refractivity (Wildman–Crippen MR) is 69.0 cm³/mol. The predicted octanol–water partition coefficient (Wildman–Crippen LogP) is 2.81. The van der Waals surface area contributed by atoms with Crippen molar-refractivity contribution in [3.05, 3.63) is 72.0 Å². The third-order valence-electron chi connectivity index (χ3n) is 2.77. The highest BCUT2D eigenvalue weighted by molar-refractivity contribution is 6.09. The van der Waals surface area contributed by atoms with Crippen molar-refractivity contribution in [2.75, 3.05) is 0 Å². The molecule has 0 atom stereocenters. The maximum atomic E-state index is 11.7. The number of benzene rings is 2. The number of hydrogen-bond acceptors (Lipinski definition) is 2. The molecule has 1 N–H and O–H groups in total. The number of rotatable bonds is 2. The first-order chi connectivity index (χ1) is 8.84. The zero-order valence-corrected chi connectivity index (χ0v) is 9.59. The Morgan fingerprint density at radius 1 is 0.889 bits per heavy atom. The second-order valence-corrected chi connectivity index (χ2v) is 3.96. The first kappa shape index (κ1) is 10.6. The summed E-state index contributed by atoms with van der Waals surface area (Å²) in [5.41, 5.74) is 2.25. The van der Waals surface area contributed by atoms with Crippen LogP contribution >= 0.6 is 0 Å². The van der Waals surface area contributed by atoms with Gasteiger partial charge in [-0.25, -0.2) is 0 Å². The molecule has 88 valence electrons. The topological polar surface area (TPSA) is 38.3 Å². The van der Waals surface area contributed by atoms with E-state index in [1.165, 1.54) is 0 Å². The van der Waals surface area contributed by atoms with E-state index in [1.54, 1.807) is 12.3 Å². The van der Waals surface area contributed by atoms with Gasteiger partial charge in [0.15, 0.2) is 0 Å². The molecule has 0 aliphatic carbocycles. The molecule has 0 unspecified atom stereocenters. The van der Waals surface area contributed by atoms with Gasteiger partial charge < -0.3 is 10.1 Å². The summed E-state index contributed by atoms with van der Waals surface area (Å²) in [6.45, 7) is 0. The molecule has 3 heteroatoms. The quantitative estimate of drug-likeness (QED) is 0.815. The van der Waals surface area contributed by atoms with E-state index in [-0.39, 0.29) is 5.91 Å². The molecule has 0 radical (unpaired) electrons. The van der Waals surface area contributed by atoms with E-state index in [1.807, 2.05) is 48.5 Å². The smallest absolute Gasteiger partial charge is 0.256 e. The van der Waals surface area contributed by atoms with Crippen LogP contribution in [-0.4, -0.2) is 5.91 Å². The van der Waals surface area contributed by atoms with Crippen LogP contribution in [0.25, 0.3) is 5.70 Å². The van der Waals surface area contributed by atoms with E-state index in [0.717, 1.165) is 11.3 Å². The number of ether oxygens (including phenoxy) is 1. The van der Waals surface area contributed by atoms with Gasteiger partial charge in [-0.3, -0.25) is 4.79 Å². The highest BCUT2D eigenvalue weighted by Crippen LogP contribution is 2.24. The fourth-order valence-electron chi connectivity index (χ4n) is 1.89. The van der Waals surface area contributed by atoms with E-state index in [4.69, 9.17) is 4.74 Å².